The van der Waals surface area contributed by atoms with Crippen LogP contribution in [0.1, 0.15) is 26.3 Å². The second-order valence-electron chi connectivity index (χ2n) is 6.58. The standard InChI is InChI=1S/C19H32N4O2S/c1-5-20-19(23-9-12-26-17(14-23)15(2)3)22-13-16-7-6-8-21-18(16)25-11-10-24-4/h6-8,15,17H,5,9-14H2,1-4H3,(H,20,22). The molecule has 6 nitrogen and oxygen atoms in total. The number of guanidine groups is 1. The van der Waals surface area contributed by atoms with Crippen molar-refractivity contribution in [1.82, 2.24) is 15.2 Å². The minimum Gasteiger partial charge on any atom is -0.475 e. The molecule has 0 bridgehead atoms. The Hall–Kier alpha value is -1.47. The van der Waals surface area contributed by atoms with E-state index >= 15 is 0 Å². The number of hydrogen-bond donors (Lipinski definition) is 1. The van der Waals surface area contributed by atoms with Gasteiger partial charge in [-0.25, -0.2) is 9.98 Å². The summed E-state index contributed by atoms with van der Waals surface area (Å²) in [5.41, 5.74) is 0.991. The highest BCUT2D eigenvalue weighted by Crippen LogP contribution is 2.25. The molecule has 0 aliphatic carbocycles. The number of thioether (sulfide) groups is 1. The molecular formula is C19H32N4O2S. The number of nitrogens with zero attached hydrogens (tertiary/aromatic N) is 3. The van der Waals surface area contributed by atoms with Crippen molar-refractivity contribution in [2.24, 2.45) is 10.9 Å². The van der Waals surface area contributed by atoms with Crippen molar-refractivity contribution in [1.29, 1.82) is 0 Å². The van der Waals surface area contributed by atoms with E-state index in [1.807, 2.05) is 12.1 Å². The van der Waals surface area contributed by atoms with Crippen LogP contribution < -0.4 is 10.1 Å². The van der Waals surface area contributed by atoms with Crippen molar-refractivity contribution < 1.29 is 9.47 Å². The summed E-state index contributed by atoms with van der Waals surface area (Å²) in [6.45, 7) is 11.2. The maximum atomic E-state index is 5.72. The third kappa shape index (κ3) is 6.36. The fraction of sp³-hybridized carbons (Fsp3) is 0.684. The minimum absolute atomic E-state index is 0.490. The van der Waals surface area contributed by atoms with Gasteiger partial charge in [0.2, 0.25) is 5.88 Å². The normalized spacial score (nSPS) is 18.3. The van der Waals surface area contributed by atoms with E-state index < -0.39 is 0 Å². The van der Waals surface area contributed by atoms with Crippen molar-refractivity contribution in [3.63, 3.8) is 0 Å². The van der Waals surface area contributed by atoms with Crippen molar-refractivity contribution >= 4 is 17.7 Å². The Balaban J connectivity index is 2.07. The molecule has 1 aromatic heterocycles. The maximum Gasteiger partial charge on any atom is 0.218 e. The molecular weight excluding hydrogens is 348 g/mol. The number of pyridine rings is 1. The zero-order valence-corrected chi connectivity index (χ0v) is 17.2. The highest BCUT2D eigenvalue weighted by atomic mass is 32.2. The van der Waals surface area contributed by atoms with E-state index in [2.05, 4.69) is 47.7 Å². The zero-order chi connectivity index (χ0) is 18.8. The van der Waals surface area contributed by atoms with Crippen LogP contribution in [0.5, 0.6) is 5.88 Å². The molecule has 1 aliphatic rings. The summed E-state index contributed by atoms with van der Waals surface area (Å²) in [6.07, 6.45) is 1.75. The van der Waals surface area contributed by atoms with Gasteiger partial charge in [-0.15, -0.1) is 0 Å². The number of ether oxygens (including phenoxy) is 2. The monoisotopic (exact) mass is 380 g/mol. The Bertz CT molecular complexity index is 568. The van der Waals surface area contributed by atoms with Gasteiger partial charge in [0.05, 0.1) is 13.2 Å². The van der Waals surface area contributed by atoms with Crippen molar-refractivity contribution in [2.45, 2.75) is 32.6 Å². The van der Waals surface area contributed by atoms with Gasteiger partial charge in [0.15, 0.2) is 5.96 Å². The van der Waals surface area contributed by atoms with E-state index in [4.69, 9.17) is 14.5 Å². The fourth-order valence-electron chi connectivity index (χ4n) is 2.75. The van der Waals surface area contributed by atoms with Crippen LogP contribution >= 0.6 is 11.8 Å². The van der Waals surface area contributed by atoms with E-state index in [1.54, 1.807) is 13.3 Å². The summed E-state index contributed by atoms with van der Waals surface area (Å²) in [5, 5.41) is 4.09. The molecule has 1 fully saturated rings. The van der Waals surface area contributed by atoms with Crippen LogP contribution in [-0.2, 0) is 11.3 Å². The van der Waals surface area contributed by atoms with Gasteiger partial charge in [0, 0.05) is 49.5 Å². The molecule has 1 atom stereocenters. The average Bonchev–Trinajstić information content (AvgIpc) is 2.66. The van der Waals surface area contributed by atoms with Gasteiger partial charge in [0.1, 0.15) is 6.61 Å². The number of aliphatic imine (C=N–C) groups is 1. The maximum absolute atomic E-state index is 5.72. The Kier molecular flexibility index (Phi) is 9.05. The molecule has 7 heteroatoms. The van der Waals surface area contributed by atoms with E-state index in [0.717, 1.165) is 36.9 Å². The predicted molar refractivity (Wildman–Crippen MR) is 109 cm³/mol. The van der Waals surface area contributed by atoms with Crippen LogP contribution in [0.2, 0.25) is 0 Å². The minimum atomic E-state index is 0.490. The van der Waals surface area contributed by atoms with Crippen molar-refractivity contribution in [3.05, 3.63) is 23.9 Å². The smallest absolute Gasteiger partial charge is 0.218 e. The van der Waals surface area contributed by atoms with Gasteiger partial charge in [0.25, 0.3) is 0 Å². The molecule has 1 N–H and O–H groups in total. The summed E-state index contributed by atoms with van der Waals surface area (Å²) in [4.78, 5) is 11.6. The quantitative estimate of drug-likeness (QED) is 0.425. The molecule has 1 unspecified atom stereocenters. The second-order valence-corrected chi connectivity index (χ2v) is 7.93. The topological polar surface area (TPSA) is 59.0 Å². The number of hydrogen-bond acceptors (Lipinski definition) is 5. The first kappa shape index (κ1) is 20.8. The van der Waals surface area contributed by atoms with Crippen LogP contribution in [0.15, 0.2) is 23.3 Å². The van der Waals surface area contributed by atoms with Gasteiger partial charge in [-0.2, -0.15) is 11.8 Å². The summed E-state index contributed by atoms with van der Waals surface area (Å²) in [5.74, 6) is 3.43. The first-order chi connectivity index (χ1) is 12.7. The first-order valence-corrected chi connectivity index (χ1v) is 10.4. The Morgan fingerprint density at radius 1 is 1.46 bits per heavy atom. The summed E-state index contributed by atoms with van der Waals surface area (Å²) >= 11 is 2.07. The van der Waals surface area contributed by atoms with Crippen molar-refractivity contribution in [3.8, 4) is 5.88 Å². The number of aromatic nitrogens is 1. The third-order valence-corrected chi connectivity index (χ3v) is 5.79. The summed E-state index contributed by atoms with van der Waals surface area (Å²) in [7, 11) is 1.66. The van der Waals surface area contributed by atoms with Gasteiger partial charge < -0.3 is 19.7 Å². The van der Waals surface area contributed by atoms with Gasteiger partial charge >= 0.3 is 0 Å². The molecule has 2 rings (SSSR count). The molecule has 2 heterocycles. The lowest BCUT2D eigenvalue weighted by molar-refractivity contribution is 0.143. The molecule has 0 radical (unpaired) electrons. The lowest BCUT2D eigenvalue weighted by Gasteiger charge is -2.36. The summed E-state index contributed by atoms with van der Waals surface area (Å²) < 4.78 is 10.8. The fourth-order valence-corrected chi connectivity index (χ4v) is 4.05. The van der Waals surface area contributed by atoms with Crippen LogP contribution in [0.4, 0.5) is 0 Å². The first-order valence-electron chi connectivity index (χ1n) is 9.36. The number of rotatable bonds is 8. The molecule has 0 saturated carbocycles. The predicted octanol–water partition coefficient (Wildman–Crippen LogP) is 2.65. The second kappa shape index (κ2) is 11.3. The zero-order valence-electron chi connectivity index (χ0n) is 16.4. The molecule has 1 aliphatic heterocycles. The van der Waals surface area contributed by atoms with E-state index in [0.29, 0.717) is 36.8 Å². The highest BCUT2D eigenvalue weighted by Gasteiger charge is 2.24. The van der Waals surface area contributed by atoms with E-state index in [-0.39, 0.29) is 0 Å². The van der Waals surface area contributed by atoms with Crippen LogP contribution in [0.25, 0.3) is 0 Å². The Morgan fingerprint density at radius 2 is 2.31 bits per heavy atom. The molecule has 1 aromatic rings. The van der Waals surface area contributed by atoms with Gasteiger partial charge in [-0.05, 0) is 18.9 Å². The van der Waals surface area contributed by atoms with Crippen molar-refractivity contribution in [2.75, 3.05) is 45.7 Å². The lowest BCUT2D eigenvalue weighted by atomic mass is 10.1. The van der Waals surface area contributed by atoms with Crippen LogP contribution in [-0.4, -0.2) is 66.8 Å². The Labute approximate surface area is 161 Å². The SMILES string of the molecule is CCNC(=NCc1cccnc1OCCOC)N1CCSC(C(C)C)C1. The van der Waals surface area contributed by atoms with Crippen LogP contribution in [0.3, 0.4) is 0 Å². The number of nitrogens with one attached hydrogen (secondary N) is 1. The Morgan fingerprint density at radius 3 is 3.04 bits per heavy atom. The summed E-state index contributed by atoms with van der Waals surface area (Å²) in [6, 6.07) is 3.94. The molecule has 0 aromatic carbocycles. The van der Waals surface area contributed by atoms with Crippen LogP contribution in [0, 0.1) is 5.92 Å². The molecule has 1 saturated heterocycles. The largest absolute Gasteiger partial charge is 0.475 e. The van der Waals surface area contributed by atoms with Gasteiger partial charge in [-0.3, -0.25) is 0 Å². The van der Waals surface area contributed by atoms with E-state index in [9.17, 15) is 0 Å². The highest BCUT2D eigenvalue weighted by molar-refractivity contribution is 8.00. The molecule has 146 valence electrons. The third-order valence-electron chi connectivity index (χ3n) is 4.25. The van der Waals surface area contributed by atoms with E-state index in [1.165, 1.54) is 0 Å². The van der Waals surface area contributed by atoms with Gasteiger partial charge in [-0.1, -0.05) is 19.9 Å². The lowest BCUT2D eigenvalue weighted by Crippen LogP contribution is -2.49. The molecule has 0 spiro atoms. The molecule has 26 heavy (non-hydrogen) atoms. The number of methoxy groups -OCH3 is 1. The average molecular weight is 381 g/mol. The molecule has 0 amide bonds.